The molecule has 15 heteroatoms. The number of aryl methyl sites for hydroxylation is 1. The number of anilines is 3. The molecule has 0 atom stereocenters. The molecule has 5 rings (SSSR count). The number of piperazine rings is 1. The second kappa shape index (κ2) is 11.1. The number of rotatable bonds is 7. The van der Waals surface area contributed by atoms with Crippen LogP contribution in [0.3, 0.4) is 0 Å². The average Bonchev–Trinajstić information content (AvgIpc) is 3.31. The van der Waals surface area contributed by atoms with E-state index in [1.807, 2.05) is 7.05 Å². The molecule has 0 unspecified atom stereocenters. The van der Waals surface area contributed by atoms with Crippen molar-refractivity contribution < 1.29 is 35.9 Å². The van der Waals surface area contributed by atoms with Crippen LogP contribution in [0.25, 0.3) is 11.3 Å². The van der Waals surface area contributed by atoms with E-state index in [1.54, 1.807) is 19.1 Å². The highest BCUT2D eigenvalue weighted by atomic mass is 32.2. The number of nitrogens with zero attached hydrogens (tertiary/aromatic N) is 4. The summed E-state index contributed by atoms with van der Waals surface area (Å²) in [5.74, 6) is -1.13. The van der Waals surface area contributed by atoms with E-state index in [1.165, 1.54) is 12.3 Å². The Labute approximate surface area is 239 Å². The monoisotopic (exact) mass is 611 g/mol. The number of carbonyl (C=O) groups excluding carboxylic acids is 1. The van der Waals surface area contributed by atoms with Crippen molar-refractivity contribution in [1.29, 1.82) is 0 Å². The molecule has 0 radical (unpaired) electrons. The van der Waals surface area contributed by atoms with Crippen molar-refractivity contribution in [2.75, 3.05) is 56.3 Å². The number of halogens is 3. The number of hydrogen-bond donors (Lipinski definition) is 1. The Morgan fingerprint density at radius 3 is 2.56 bits per heavy atom. The Hall–Kier alpha value is -3.43. The van der Waals surface area contributed by atoms with E-state index in [0.717, 1.165) is 30.7 Å². The molecule has 0 amide bonds. The van der Waals surface area contributed by atoms with Crippen molar-refractivity contribution in [3.05, 3.63) is 40.4 Å². The van der Waals surface area contributed by atoms with Crippen LogP contribution in [0, 0.1) is 0 Å². The molecule has 1 saturated heterocycles. The summed E-state index contributed by atoms with van der Waals surface area (Å²) in [6.07, 6.45) is -1.54. The van der Waals surface area contributed by atoms with Crippen LogP contribution < -0.4 is 15.0 Å². The number of thiophene rings is 1. The molecule has 3 heterocycles. The first-order valence-corrected chi connectivity index (χ1v) is 15.5. The number of sulfone groups is 1. The van der Waals surface area contributed by atoms with E-state index in [0.29, 0.717) is 54.0 Å². The van der Waals surface area contributed by atoms with Gasteiger partial charge in [-0.05, 0) is 56.1 Å². The van der Waals surface area contributed by atoms with Gasteiger partial charge in [-0.3, -0.25) is 0 Å². The lowest BCUT2D eigenvalue weighted by atomic mass is 9.91. The van der Waals surface area contributed by atoms with Gasteiger partial charge in [-0.25, -0.2) is 23.2 Å². The Bertz CT molecular complexity index is 1580. The van der Waals surface area contributed by atoms with Crippen molar-refractivity contribution in [3.8, 4) is 17.0 Å². The van der Waals surface area contributed by atoms with E-state index in [-0.39, 0.29) is 27.3 Å². The van der Waals surface area contributed by atoms with Crippen LogP contribution in [0.5, 0.6) is 5.75 Å². The summed E-state index contributed by atoms with van der Waals surface area (Å²) in [5, 5.41) is 2.85. The van der Waals surface area contributed by atoms with Gasteiger partial charge in [0.25, 0.3) is 0 Å². The van der Waals surface area contributed by atoms with Crippen LogP contribution in [-0.2, 0) is 27.4 Å². The zero-order valence-electron chi connectivity index (χ0n) is 22.5. The van der Waals surface area contributed by atoms with Gasteiger partial charge in [0.15, 0.2) is 15.6 Å². The van der Waals surface area contributed by atoms with Crippen molar-refractivity contribution >= 4 is 44.5 Å². The van der Waals surface area contributed by atoms with Gasteiger partial charge in [0, 0.05) is 49.9 Å². The summed E-state index contributed by atoms with van der Waals surface area (Å²) in [7, 11) is -1.76. The fourth-order valence-electron chi connectivity index (χ4n) is 4.88. The van der Waals surface area contributed by atoms with Crippen LogP contribution in [0.1, 0.15) is 27.7 Å². The van der Waals surface area contributed by atoms with E-state index in [4.69, 9.17) is 4.74 Å². The summed E-state index contributed by atoms with van der Waals surface area (Å²) in [5.41, 5.74) is 2.46. The number of alkyl halides is 3. The molecule has 0 bridgehead atoms. The van der Waals surface area contributed by atoms with E-state index in [9.17, 15) is 26.4 Å². The molecular weight excluding hydrogens is 583 g/mol. The summed E-state index contributed by atoms with van der Waals surface area (Å²) in [6, 6.07) is 4.36. The number of fused-ring (bicyclic) bond motifs is 3. The quantitative estimate of drug-likeness (QED) is 0.389. The maximum Gasteiger partial charge on any atom is 0.573 e. The van der Waals surface area contributed by atoms with Gasteiger partial charge < -0.3 is 24.6 Å². The van der Waals surface area contributed by atoms with Gasteiger partial charge in [0.05, 0.1) is 18.0 Å². The Kier molecular flexibility index (Phi) is 7.87. The van der Waals surface area contributed by atoms with Gasteiger partial charge in [-0.15, -0.1) is 24.5 Å². The Morgan fingerprint density at radius 2 is 1.90 bits per heavy atom. The topological polar surface area (TPSA) is 114 Å². The zero-order chi connectivity index (χ0) is 29.5. The predicted octanol–water partition coefficient (Wildman–Crippen LogP) is 4.28. The smallest absolute Gasteiger partial charge is 0.462 e. The maximum absolute atomic E-state index is 13.2. The van der Waals surface area contributed by atoms with Gasteiger partial charge >= 0.3 is 12.3 Å². The standard InChI is InChI=1S/C26H28F3N5O5S2/c1-4-38-23(35)22-17-7-5-15-14-30-25(32-21(15)20(17)24(40-22)41(3,36)37)31-18-13-16(34-11-9-33(2)10-12-34)6-8-19(18)39-26(27,28)29/h6,8,13-14H,4-5,7,9-12H2,1-3H3,(H,30,31,32). The fourth-order valence-corrected chi connectivity index (χ4v) is 7.30. The van der Waals surface area contributed by atoms with Gasteiger partial charge in [0.1, 0.15) is 9.09 Å². The molecule has 220 valence electrons. The summed E-state index contributed by atoms with van der Waals surface area (Å²) in [4.78, 5) is 25.9. The normalized spacial score (nSPS) is 15.7. The molecular formula is C26H28F3N5O5S2. The van der Waals surface area contributed by atoms with Gasteiger partial charge in [-0.2, -0.15) is 0 Å². The Morgan fingerprint density at radius 1 is 1.17 bits per heavy atom. The minimum atomic E-state index is -4.93. The van der Waals surface area contributed by atoms with E-state index >= 15 is 0 Å². The van der Waals surface area contributed by atoms with Crippen molar-refractivity contribution in [2.45, 2.75) is 30.3 Å². The molecule has 2 aromatic heterocycles. The van der Waals surface area contributed by atoms with E-state index in [2.05, 4.69) is 29.8 Å². The lowest BCUT2D eigenvalue weighted by molar-refractivity contribution is -0.274. The number of nitrogens with one attached hydrogen (secondary N) is 1. The number of benzene rings is 1. The zero-order valence-corrected chi connectivity index (χ0v) is 24.2. The average molecular weight is 612 g/mol. The van der Waals surface area contributed by atoms with Crippen molar-refractivity contribution in [1.82, 2.24) is 14.9 Å². The highest BCUT2D eigenvalue weighted by Crippen LogP contribution is 2.45. The second-order valence-electron chi connectivity index (χ2n) is 9.78. The highest BCUT2D eigenvalue weighted by Gasteiger charge is 2.35. The molecule has 0 saturated carbocycles. The molecule has 1 fully saturated rings. The SMILES string of the molecule is CCOC(=O)c1sc(S(C)(=O)=O)c2c1CCc1cnc(Nc3cc(N4CCN(C)CC4)ccc3OC(F)(F)F)nc1-2. The molecule has 1 N–H and O–H groups in total. The van der Waals surface area contributed by atoms with Crippen LogP contribution >= 0.6 is 11.3 Å². The summed E-state index contributed by atoms with van der Waals surface area (Å²) in [6.45, 7) is 4.78. The first-order chi connectivity index (χ1) is 19.3. The number of aromatic nitrogens is 2. The third-order valence-corrected chi connectivity index (χ3v) is 9.86. The number of carbonyl (C=O) groups is 1. The summed E-state index contributed by atoms with van der Waals surface area (Å²) >= 11 is 0.833. The number of esters is 1. The van der Waals surface area contributed by atoms with Crippen molar-refractivity contribution in [2.24, 2.45) is 0 Å². The van der Waals surface area contributed by atoms with Crippen LogP contribution in [0.4, 0.5) is 30.5 Å². The molecule has 1 aliphatic carbocycles. The van der Waals surface area contributed by atoms with Crippen LogP contribution in [0.15, 0.2) is 28.6 Å². The number of ether oxygens (including phenoxy) is 2. The van der Waals surface area contributed by atoms with E-state index < -0.39 is 27.9 Å². The van der Waals surface area contributed by atoms with Gasteiger partial charge in [-0.1, -0.05) is 0 Å². The lowest BCUT2D eigenvalue weighted by Crippen LogP contribution is -2.44. The highest BCUT2D eigenvalue weighted by molar-refractivity contribution is 7.93. The molecule has 3 aromatic rings. The number of hydrogen-bond acceptors (Lipinski definition) is 11. The van der Waals surface area contributed by atoms with Crippen LogP contribution in [0.2, 0.25) is 0 Å². The second-order valence-corrected chi connectivity index (χ2v) is 13.0. The number of likely N-dealkylation sites (N-methyl/N-ethyl adjacent to an activating group) is 1. The molecule has 0 spiro atoms. The Balaban J connectivity index is 1.56. The first kappa shape index (κ1) is 29.1. The van der Waals surface area contributed by atoms with Crippen LogP contribution in [-0.4, -0.2) is 81.7 Å². The van der Waals surface area contributed by atoms with Crippen molar-refractivity contribution in [3.63, 3.8) is 0 Å². The molecule has 1 aliphatic heterocycles. The van der Waals surface area contributed by atoms with Gasteiger partial charge in [0.2, 0.25) is 5.95 Å². The first-order valence-electron chi connectivity index (χ1n) is 12.8. The molecule has 41 heavy (non-hydrogen) atoms. The molecule has 1 aromatic carbocycles. The summed E-state index contributed by atoms with van der Waals surface area (Å²) < 4.78 is 74.6. The largest absolute Gasteiger partial charge is 0.573 e. The molecule has 10 nitrogen and oxygen atoms in total. The third kappa shape index (κ3) is 6.26. The maximum atomic E-state index is 13.2. The minimum absolute atomic E-state index is 0.00407. The third-order valence-electron chi connectivity index (χ3n) is 6.82. The molecule has 2 aliphatic rings. The fraction of sp³-hybridized carbons (Fsp3) is 0.423. The minimum Gasteiger partial charge on any atom is -0.462 e. The predicted molar refractivity (Wildman–Crippen MR) is 148 cm³/mol. The lowest BCUT2D eigenvalue weighted by Gasteiger charge is -2.34.